The van der Waals surface area contributed by atoms with Gasteiger partial charge in [-0.3, -0.25) is 10.1 Å². The molecule has 0 fully saturated rings. The van der Waals surface area contributed by atoms with E-state index in [9.17, 15) is 14.9 Å². The number of hydrogen-bond acceptors (Lipinski definition) is 7. The molecule has 0 saturated carbocycles. The lowest BCUT2D eigenvalue weighted by Crippen LogP contribution is -2.06. The molecule has 0 spiro atoms. The van der Waals surface area contributed by atoms with Crippen molar-refractivity contribution >= 4 is 11.7 Å². The average molecular weight is 249 g/mol. The number of carbonyl (C=O) groups excluding carboxylic acids is 1. The first kappa shape index (κ1) is 11.6. The Balaban J connectivity index is 2.37. The van der Waals surface area contributed by atoms with Crippen molar-refractivity contribution in [1.29, 1.82) is 0 Å². The molecule has 18 heavy (non-hydrogen) atoms. The maximum atomic E-state index is 11.1. The van der Waals surface area contributed by atoms with Gasteiger partial charge in [-0.25, -0.2) is 19.4 Å². The van der Waals surface area contributed by atoms with Gasteiger partial charge in [-0.15, -0.1) is 5.10 Å². The molecule has 0 N–H and O–H groups in total. The lowest BCUT2D eigenvalue weighted by molar-refractivity contribution is -0.384. The third-order valence-corrected chi connectivity index (χ3v) is 2.03. The molecule has 0 saturated heterocycles. The molecule has 0 aliphatic carbocycles. The Kier molecular flexibility index (Phi) is 2.96. The maximum absolute atomic E-state index is 11.1. The predicted octanol–water partition coefficient (Wildman–Crippen LogP) is 0.357. The zero-order chi connectivity index (χ0) is 13.1. The number of nitrogens with zero attached hydrogens (tertiary/aromatic N) is 5. The molecule has 2 rings (SSSR count). The summed E-state index contributed by atoms with van der Waals surface area (Å²) in [5.41, 5.74) is -0.130. The van der Waals surface area contributed by atoms with Crippen LogP contribution in [0.15, 0.2) is 24.7 Å². The number of carbonyl (C=O) groups is 1. The Bertz CT molecular complexity index is 609. The van der Waals surface area contributed by atoms with Gasteiger partial charge in [0.15, 0.2) is 5.82 Å². The van der Waals surface area contributed by atoms with Gasteiger partial charge in [0.2, 0.25) is 0 Å². The molecule has 92 valence electrons. The van der Waals surface area contributed by atoms with Gasteiger partial charge in [-0.1, -0.05) is 0 Å². The summed E-state index contributed by atoms with van der Waals surface area (Å²) in [5.74, 6) is -0.656. The maximum Gasteiger partial charge on any atom is 0.377 e. The fraction of sp³-hybridized carbons (Fsp3) is 0.111. The van der Waals surface area contributed by atoms with E-state index in [0.29, 0.717) is 0 Å². The minimum Gasteiger partial charge on any atom is -0.463 e. The topological polar surface area (TPSA) is 113 Å². The van der Waals surface area contributed by atoms with Crippen LogP contribution in [-0.2, 0) is 4.74 Å². The zero-order valence-electron chi connectivity index (χ0n) is 9.18. The fourth-order valence-electron chi connectivity index (χ4n) is 1.20. The van der Waals surface area contributed by atoms with Gasteiger partial charge < -0.3 is 4.74 Å². The Morgan fingerprint density at radius 1 is 1.50 bits per heavy atom. The quantitative estimate of drug-likeness (QED) is 0.438. The molecule has 0 amide bonds. The van der Waals surface area contributed by atoms with Gasteiger partial charge in [-0.2, -0.15) is 0 Å². The first-order chi connectivity index (χ1) is 8.61. The highest BCUT2D eigenvalue weighted by Gasteiger charge is 2.14. The van der Waals surface area contributed by atoms with Crippen LogP contribution in [0.3, 0.4) is 0 Å². The summed E-state index contributed by atoms with van der Waals surface area (Å²) in [5, 5.41) is 14.4. The SMILES string of the molecule is COC(=O)c1ncn(-c2cc([N+](=O)[O-])ccn2)n1. The van der Waals surface area contributed by atoms with Crippen molar-refractivity contribution in [2.45, 2.75) is 0 Å². The molecule has 2 heterocycles. The number of rotatable bonds is 3. The summed E-state index contributed by atoms with van der Waals surface area (Å²) in [4.78, 5) is 28.8. The number of nitro groups is 1. The molecule has 9 nitrogen and oxygen atoms in total. The molecular formula is C9H7N5O4. The molecule has 0 atom stereocenters. The van der Waals surface area contributed by atoms with Gasteiger partial charge in [0.05, 0.1) is 18.1 Å². The van der Waals surface area contributed by atoms with Crippen molar-refractivity contribution in [3.8, 4) is 5.82 Å². The fourth-order valence-corrected chi connectivity index (χ4v) is 1.20. The van der Waals surface area contributed by atoms with E-state index < -0.39 is 10.9 Å². The van der Waals surface area contributed by atoms with Crippen LogP contribution in [0.2, 0.25) is 0 Å². The summed E-state index contributed by atoms with van der Waals surface area (Å²) in [6.07, 6.45) is 2.49. The molecule has 2 aromatic rings. The zero-order valence-corrected chi connectivity index (χ0v) is 9.18. The van der Waals surface area contributed by atoms with Crippen LogP contribution in [0.25, 0.3) is 5.82 Å². The van der Waals surface area contributed by atoms with Crippen molar-refractivity contribution in [3.05, 3.63) is 40.6 Å². The minimum absolute atomic E-state index is 0.130. The van der Waals surface area contributed by atoms with Gasteiger partial charge in [0, 0.05) is 12.3 Å². The second-order valence-electron chi connectivity index (χ2n) is 3.13. The summed E-state index contributed by atoms with van der Waals surface area (Å²) in [7, 11) is 1.20. The minimum atomic E-state index is -0.695. The highest BCUT2D eigenvalue weighted by atomic mass is 16.6. The van der Waals surface area contributed by atoms with E-state index >= 15 is 0 Å². The van der Waals surface area contributed by atoms with E-state index in [1.54, 1.807) is 0 Å². The third-order valence-electron chi connectivity index (χ3n) is 2.03. The van der Waals surface area contributed by atoms with E-state index in [4.69, 9.17) is 0 Å². The Labute approximate surface area is 100 Å². The molecule has 0 aromatic carbocycles. The molecule has 9 heteroatoms. The normalized spacial score (nSPS) is 10.1. The van der Waals surface area contributed by atoms with Crippen LogP contribution in [0.4, 0.5) is 5.69 Å². The molecule has 0 bridgehead atoms. The second kappa shape index (κ2) is 4.57. The average Bonchev–Trinajstić information content (AvgIpc) is 2.87. The Morgan fingerprint density at radius 3 is 2.94 bits per heavy atom. The summed E-state index contributed by atoms with van der Waals surface area (Å²) in [6, 6.07) is 2.47. The van der Waals surface area contributed by atoms with Crippen LogP contribution in [0.5, 0.6) is 0 Å². The third kappa shape index (κ3) is 2.14. The van der Waals surface area contributed by atoms with Gasteiger partial charge in [0.1, 0.15) is 6.33 Å². The molecule has 0 radical (unpaired) electrons. The summed E-state index contributed by atoms with van der Waals surface area (Å²) in [6.45, 7) is 0. The highest BCUT2D eigenvalue weighted by Crippen LogP contribution is 2.13. The molecule has 2 aromatic heterocycles. The Hall–Kier alpha value is -2.84. The number of hydrogen-bond donors (Lipinski definition) is 0. The number of aromatic nitrogens is 4. The number of methoxy groups -OCH3 is 1. The largest absolute Gasteiger partial charge is 0.463 e. The first-order valence-electron chi connectivity index (χ1n) is 4.72. The van der Waals surface area contributed by atoms with Gasteiger partial charge in [-0.05, 0) is 0 Å². The lowest BCUT2D eigenvalue weighted by atomic mass is 10.4. The first-order valence-corrected chi connectivity index (χ1v) is 4.72. The van der Waals surface area contributed by atoms with Crippen molar-refractivity contribution in [2.75, 3.05) is 7.11 Å². The molecule has 0 aliphatic heterocycles. The van der Waals surface area contributed by atoms with Crippen LogP contribution in [-0.4, -0.2) is 37.8 Å². The second-order valence-corrected chi connectivity index (χ2v) is 3.13. The van der Waals surface area contributed by atoms with Crippen molar-refractivity contribution in [2.24, 2.45) is 0 Å². The van der Waals surface area contributed by atoms with Crippen LogP contribution in [0, 0.1) is 10.1 Å². The van der Waals surface area contributed by atoms with Crippen molar-refractivity contribution in [3.63, 3.8) is 0 Å². The molecule has 0 unspecified atom stereocenters. The van der Waals surface area contributed by atoms with Gasteiger partial charge >= 0.3 is 5.97 Å². The van der Waals surface area contributed by atoms with E-state index in [2.05, 4.69) is 19.8 Å². The Morgan fingerprint density at radius 2 is 2.28 bits per heavy atom. The lowest BCUT2D eigenvalue weighted by Gasteiger charge is -1.98. The van der Waals surface area contributed by atoms with Crippen LogP contribution in [0.1, 0.15) is 10.6 Å². The monoisotopic (exact) mass is 249 g/mol. The predicted molar refractivity (Wildman–Crippen MR) is 57.1 cm³/mol. The summed E-state index contributed by atoms with van der Waals surface area (Å²) >= 11 is 0. The number of ether oxygens (including phenoxy) is 1. The number of esters is 1. The highest BCUT2D eigenvalue weighted by molar-refractivity contribution is 5.84. The smallest absolute Gasteiger partial charge is 0.377 e. The van der Waals surface area contributed by atoms with Crippen LogP contribution >= 0.6 is 0 Å². The molecular weight excluding hydrogens is 242 g/mol. The van der Waals surface area contributed by atoms with E-state index in [1.165, 1.54) is 31.8 Å². The van der Waals surface area contributed by atoms with E-state index in [1.807, 2.05) is 0 Å². The standard InChI is InChI=1S/C9H7N5O4/c1-18-9(15)8-11-5-13(12-8)7-4-6(14(16)17)2-3-10-7/h2-5H,1H3. The molecule has 0 aliphatic rings. The number of pyridine rings is 1. The van der Waals surface area contributed by atoms with Crippen molar-refractivity contribution < 1.29 is 14.5 Å². The van der Waals surface area contributed by atoms with Gasteiger partial charge in [0.25, 0.3) is 11.5 Å². The van der Waals surface area contributed by atoms with E-state index in [0.717, 1.165) is 4.68 Å². The summed E-state index contributed by atoms with van der Waals surface area (Å²) < 4.78 is 5.59. The van der Waals surface area contributed by atoms with E-state index in [-0.39, 0.29) is 17.3 Å². The van der Waals surface area contributed by atoms with Crippen molar-refractivity contribution in [1.82, 2.24) is 19.7 Å². The van der Waals surface area contributed by atoms with Crippen LogP contribution < -0.4 is 0 Å².